The standard InChI is InChI=1S/C28H48INO10/c1-4-30(5-2)18-13-19-37-28(35)40-22-23(21-39-27(34)17-12-8-9-14-24(29)31)20-38-26(33)16-11-7-6-10-15-25(32)36-3/h23H,4-22H2,1-3H3. The number of halogens is 1. The molecular weight excluding hydrogens is 637 g/mol. The zero-order chi connectivity index (χ0) is 30.0. The second kappa shape index (κ2) is 26.0. The molecule has 0 aliphatic carbocycles. The number of carbonyl (C=O) groups is 5. The van der Waals surface area contributed by atoms with Gasteiger partial charge in [0.25, 0.3) is 0 Å². The number of hydrogen-bond acceptors (Lipinski definition) is 11. The monoisotopic (exact) mass is 685 g/mol. The molecule has 0 heterocycles. The fourth-order valence-corrected chi connectivity index (χ4v) is 4.01. The lowest BCUT2D eigenvalue weighted by atomic mass is 10.1. The lowest BCUT2D eigenvalue weighted by Gasteiger charge is -2.18. The largest absolute Gasteiger partial charge is 0.508 e. The van der Waals surface area contributed by atoms with E-state index < -0.39 is 24.0 Å². The van der Waals surface area contributed by atoms with E-state index in [2.05, 4.69) is 23.5 Å². The Kier molecular flexibility index (Phi) is 24.7. The quantitative estimate of drug-likeness (QED) is 0.0423. The fourth-order valence-electron chi connectivity index (χ4n) is 3.63. The molecule has 0 aromatic heterocycles. The van der Waals surface area contributed by atoms with Crippen LogP contribution in [0.3, 0.4) is 0 Å². The van der Waals surface area contributed by atoms with E-state index in [4.69, 9.17) is 18.9 Å². The van der Waals surface area contributed by atoms with Crippen LogP contribution in [0.15, 0.2) is 0 Å². The van der Waals surface area contributed by atoms with Crippen molar-refractivity contribution in [2.75, 3.05) is 53.2 Å². The second-order valence-corrected chi connectivity index (χ2v) is 10.6. The average Bonchev–Trinajstić information content (AvgIpc) is 2.93. The summed E-state index contributed by atoms with van der Waals surface area (Å²) in [5.74, 6) is -1.58. The van der Waals surface area contributed by atoms with E-state index in [-0.39, 0.29) is 49.0 Å². The number of unbranched alkanes of at least 4 members (excludes halogenated alkanes) is 5. The van der Waals surface area contributed by atoms with Gasteiger partial charge in [-0.1, -0.05) is 33.1 Å². The maximum absolute atomic E-state index is 12.2. The molecule has 1 unspecified atom stereocenters. The lowest BCUT2D eigenvalue weighted by Crippen LogP contribution is -2.27. The summed E-state index contributed by atoms with van der Waals surface area (Å²) in [7, 11) is 1.35. The lowest BCUT2D eigenvalue weighted by molar-refractivity contribution is -0.150. The van der Waals surface area contributed by atoms with Gasteiger partial charge in [-0.2, -0.15) is 0 Å². The molecule has 12 heteroatoms. The summed E-state index contributed by atoms with van der Waals surface area (Å²) in [5, 5.41) is 0. The van der Waals surface area contributed by atoms with Crippen molar-refractivity contribution in [3.63, 3.8) is 0 Å². The molecule has 0 spiro atoms. The molecule has 0 aromatic carbocycles. The highest BCUT2D eigenvalue weighted by molar-refractivity contribution is 14.1. The molecule has 0 fully saturated rings. The summed E-state index contributed by atoms with van der Waals surface area (Å²) < 4.78 is 25.7. The molecule has 232 valence electrons. The van der Waals surface area contributed by atoms with Crippen LogP contribution in [-0.4, -0.2) is 85.9 Å². The zero-order valence-corrected chi connectivity index (χ0v) is 26.6. The van der Waals surface area contributed by atoms with Crippen LogP contribution in [0.2, 0.25) is 0 Å². The van der Waals surface area contributed by atoms with Crippen LogP contribution in [0.1, 0.15) is 90.9 Å². The van der Waals surface area contributed by atoms with Gasteiger partial charge in [-0.15, -0.1) is 0 Å². The predicted molar refractivity (Wildman–Crippen MR) is 157 cm³/mol. The molecule has 0 saturated heterocycles. The highest BCUT2D eigenvalue weighted by atomic mass is 127. The first kappa shape index (κ1) is 38.0. The van der Waals surface area contributed by atoms with E-state index in [1.165, 1.54) is 7.11 Å². The highest BCUT2D eigenvalue weighted by Crippen LogP contribution is 2.10. The third kappa shape index (κ3) is 23.9. The molecule has 0 rings (SSSR count). The van der Waals surface area contributed by atoms with Gasteiger partial charge in [0.15, 0.2) is 3.79 Å². The first-order chi connectivity index (χ1) is 19.2. The first-order valence-corrected chi connectivity index (χ1v) is 15.4. The third-order valence-electron chi connectivity index (χ3n) is 6.12. The van der Waals surface area contributed by atoms with Crippen LogP contribution >= 0.6 is 22.6 Å². The first-order valence-electron chi connectivity index (χ1n) is 14.3. The molecule has 40 heavy (non-hydrogen) atoms. The maximum atomic E-state index is 12.2. The molecule has 0 amide bonds. The Hall–Kier alpha value is -1.96. The topological polar surface area (TPSA) is 135 Å². The van der Waals surface area contributed by atoms with E-state index in [1.807, 2.05) is 0 Å². The summed E-state index contributed by atoms with van der Waals surface area (Å²) in [6.45, 7) is 6.77. The summed E-state index contributed by atoms with van der Waals surface area (Å²) in [6, 6.07) is 0. The molecule has 0 bridgehead atoms. The number of esters is 3. The van der Waals surface area contributed by atoms with E-state index in [9.17, 15) is 24.0 Å². The normalized spacial score (nSPS) is 11.5. The molecule has 11 nitrogen and oxygen atoms in total. The molecule has 0 aliphatic rings. The van der Waals surface area contributed by atoms with E-state index in [0.717, 1.165) is 45.3 Å². The van der Waals surface area contributed by atoms with Gasteiger partial charge < -0.3 is 28.6 Å². The smallest absolute Gasteiger partial charge is 0.469 e. The van der Waals surface area contributed by atoms with Gasteiger partial charge in [0.05, 0.1) is 19.6 Å². The van der Waals surface area contributed by atoms with Crippen molar-refractivity contribution in [2.24, 2.45) is 5.92 Å². The molecule has 0 N–H and O–H groups in total. The van der Waals surface area contributed by atoms with Crippen LogP contribution in [0.25, 0.3) is 0 Å². The van der Waals surface area contributed by atoms with Gasteiger partial charge in [-0.3, -0.25) is 19.2 Å². The van der Waals surface area contributed by atoms with Gasteiger partial charge >= 0.3 is 24.1 Å². The second-order valence-electron chi connectivity index (χ2n) is 9.43. The van der Waals surface area contributed by atoms with Crippen molar-refractivity contribution in [1.82, 2.24) is 4.90 Å². The SMILES string of the molecule is CCN(CC)CCCOC(=O)OCC(COC(=O)CCCCCCC(=O)OC)COC(=O)CCCCCC(=O)I. The minimum atomic E-state index is -0.820. The van der Waals surface area contributed by atoms with Crippen molar-refractivity contribution in [1.29, 1.82) is 0 Å². The summed E-state index contributed by atoms with van der Waals surface area (Å²) in [6.07, 6.45) is 6.14. The van der Waals surface area contributed by atoms with E-state index in [1.54, 1.807) is 22.6 Å². The number of methoxy groups -OCH3 is 1. The Balaban J connectivity index is 4.48. The number of rotatable bonds is 25. The summed E-state index contributed by atoms with van der Waals surface area (Å²) in [4.78, 5) is 60.7. The Morgan fingerprint density at radius 1 is 0.625 bits per heavy atom. The number of carbonyl (C=O) groups excluding carboxylic acids is 5. The molecule has 1 atom stereocenters. The van der Waals surface area contributed by atoms with Crippen LogP contribution in [0, 0.1) is 5.92 Å². The fraction of sp³-hybridized carbons (Fsp3) is 0.821. The van der Waals surface area contributed by atoms with E-state index in [0.29, 0.717) is 38.5 Å². The Morgan fingerprint density at radius 3 is 1.60 bits per heavy atom. The van der Waals surface area contributed by atoms with Crippen LogP contribution < -0.4 is 0 Å². The highest BCUT2D eigenvalue weighted by Gasteiger charge is 2.18. The summed E-state index contributed by atoms with van der Waals surface area (Å²) in [5.41, 5.74) is 0. The number of nitrogens with zero attached hydrogens (tertiary/aromatic N) is 1. The van der Waals surface area contributed by atoms with Crippen LogP contribution in [0.4, 0.5) is 4.79 Å². The summed E-state index contributed by atoms with van der Waals surface area (Å²) >= 11 is 1.75. The van der Waals surface area contributed by atoms with Crippen molar-refractivity contribution in [3.05, 3.63) is 0 Å². The Bertz CT molecular complexity index is 730. The predicted octanol–water partition coefficient (Wildman–Crippen LogP) is 5.00. The van der Waals surface area contributed by atoms with Crippen LogP contribution in [0.5, 0.6) is 0 Å². The molecular formula is C28H48INO10. The maximum Gasteiger partial charge on any atom is 0.508 e. The molecule has 0 aromatic rings. The van der Waals surface area contributed by atoms with E-state index >= 15 is 0 Å². The zero-order valence-electron chi connectivity index (χ0n) is 24.4. The Morgan fingerprint density at radius 2 is 1.10 bits per heavy atom. The minimum Gasteiger partial charge on any atom is -0.469 e. The molecule has 0 saturated carbocycles. The van der Waals surface area contributed by atoms with Gasteiger partial charge in [-0.25, -0.2) is 4.79 Å². The van der Waals surface area contributed by atoms with Crippen molar-refractivity contribution >= 4 is 50.4 Å². The van der Waals surface area contributed by atoms with Gasteiger partial charge in [0.1, 0.15) is 19.8 Å². The van der Waals surface area contributed by atoms with Crippen molar-refractivity contribution < 1.29 is 47.7 Å². The molecule has 0 aliphatic heterocycles. The van der Waals surface area contributed by atoms with Crippen LogP contribution in [-0.2, 0) is 42.9 Å². The Labute approximate surface area is 252 Å². The third-order valence-corrected chi connectivity index (χ3v) is 6.66. The van der Waals surface area contributed by atoms with Gasteiger partial charge in [0.2, 0.25) is 0 Å². The average molecular weight is 686 g/mol. The van der Waals surface area contributed by atoms with Gasteiger partial charge in [-0.05, 0) is 67.8 Å². The number of ether oxygens (including phenoxy) is 5. The minimum absolute atomic E-state index is 0.0680. The number of hydrogen-bond donors (Lipinski definition) is 0. The van der Waals surface area contributed by atoms with Crippen molar-refractivity contribution in [3.8, 4) is 0 Å². The van der Waals surface area contributed by atoms with Gasteiger partial charge in [0, 0.05) is 32.2 Å². The molecule has 0 radical (unpaired) electrons. The van der Waals surface area contributed by atoms with Crippen molar-refractivity contribution in [2.45, 2.75) is 90.9 Å².